The third-order valence-electron chi connectivity index (χ3n) is 6.50. The van der Waals surface area contributed by atoms with Crippen LogP contribution < -0.4 is 5.32 Å². The highest BCUT2D eigenvalue weighted by atomic mass is 19.4. The Labute approximate surface area is 201 Å². The van der Waals surface area contributed by atoms with E-state index in [1.54, 1.807) is 6.92 Å². The zero-order valence-electron chi connectivity index (χ0n) is 19.9. The van der Waals surface area contributed by atoms with Crippen molar-refractivity contribution in [1.29, 1.82) is 0 Å². The van der Waals surface area contributed by atoms with Gasteiger partial charge in [-0.15, -0.1) is 5.10 Å². The molecular formula is C23H30F3N5O4. The fraction of sp³-hybridized carbons (Fsp3) is 0.609. The molecule has 4 rings (SSSR count). The van der Waals surface area contributed by atoms with Crippen LogP contribution in [0.2, 0.25) is 0 Å². The average Bonchev–Trinajstić information content (AvgIpc) is 3.20. The number of rotatable bonds is 6. The summed E-state index contributed by atoms with van der Waals surface area (Å²) in [5, 5.41) is 20.9. The van der Waals surface area contributed by atoms with Gasteiger partial charge in [0.15, 0.2) is 6.61 Å². The molecule has 2 heterocycles. The second kappa shape index (κ2) is 10.0. The summed E-state index contributed by atoms with van der Waals surface area (Å²) in [6.07, 6.45) is -4.54. The van der Waals surface area contributed by atoms with Crippen molar-refractivity contribution in [2.45, 2.75) is 64.4 Å². The topological polar surface area (TPSA) is 104 Å². The van der Waals surface area contributed by atoms with E-state index in [0.29, 0.717) is 44.4 Å². The van der Waals surface area contributed by atoms with E-state index in [-0.39, 0.29) is 24.6 Å². The summed E-state index contributed by atoms with van der Waals surface area (Å²) in [5.41, 5.74) is 3.97. The van der Waals surface area contributed by atoms with Crippen LogP contribution in [0, 0.1) is 13.8 Å². The summed E-state index contributed by atoms with van der Waals surface area (Å²) in [6, 6.07) is 4.09. The minimum atomic E-state index is -4.54. The van der Waals surface area contributed by atoms with Gasteiger partial charge in [-0.25, -0.2) is 4.79 Å². The molecule has 1 amide bonds. The number of aromatic nitrogens is 2. The van der Waals surface area contributed by atoms with Gasteiger partial charge >= 0.3 is 18.3 Å². The van der Waals surface area contributed by atoms with Gasteiger partial charge in [0.1, 0.15) is 0 Å². The number of carbonyl (C=O) groups is 1. The zero-order valence-corrected chi connectivity index (χ0v) is 19.9. The van der Waals surface area contributed by atoms with Crippen LogP contribution in [0.3, 0.4) is 0 Å². The molecule has 1 aliphatic carbocycles. The number of nitrogens with zero attached hydrogens (tertiary/aromatic N) is 4. The predicted octanol–water partition coefficient (Wildman–Crippen LogP) is 3.87. The Morgan fingerprint density at radius 3 is 2.66 bits per heavy atom. The van der Waals surface area contributed by atoms with E-state index in [0.717, 1.165) is 22.4 Å². The number of piperazine rings is 1. The van der Waals surface area contributed by atoms with Gasteiger partial charge in [0.25, 0.3) is 0 Å². The van der Waals surface area contributed by atoms with Crippen LogP contribution in [0.15, 0.2) is 16.5 Å². The van der Waals surface area contributed by atoms with E-state index in [1.807, 2.05) is 19.9 Å². The minimum Gasteiger partial charge on any atom is -0.440 e. The summed E-state index contributed by atoms with van der Waals surface area (Å²) in [4.78, 5) is 15.6. The van der Waals surface area contributed by atoms with Crippen molar-refractivity contribution < 1.29 is 32.2 Å². The van der Waals surface area contributed by atoms with Crippen LogP contribution in [0.4, 0.5) is 29.7 Å². The number of alkyl halides is 3. The molecule has 1 aliphatic heterocycles. The summed E-state index contributed by atoms with van der Waals surface area (Å²) in [5.74, 6) is 0.609. The number of hydrogen-bond donors (Lipinski definition) is 2. The average molecular weight is 498 g/mol. The molecule has 1 aromatic heterocycles. The molecule has 1 aromatic carbocycles. The maximum atomic E-state index is 12.4. The molecule has 1 saturated heterocycles. The van der Waals surface area contributed by atoms with Crippen LogP contribution in [0.5, 0.6) is 0 Å². The first-order valence-corrected chi connectivity index (χ1v) is 11.6. The maximum absolute atomic E-state index is 12.4. The van der Waals surface area contributed by atoms with Crippen molar-refractivity contribution in [3.63, 3.8) is 0 Å². The number of amides is 1. The van der Waals surface area contributed by atoms with E-state index >= 15 is 0 Å². The minimum absolute atomic E-state index is 0.0913. The van der Waals surface area contributed by atoms with Crippen molar-refractivity contribution in [2.75, 3.05) is 31.6 Å². The van der Waals surface area contributed by atoms with Crippen LogP contribution in [0.25, 0.3) is 0 Å². The molecule has 192 valence electrons. The highest BCUT2D eigenvalue weighted by Gasteiger charge is 2.34. The number of ether oxygens (including phenoxy) is 1. The van der Waals surface area contributed by atoms with Crippen LogP contribution in [-0.4, -0.2) is 75.8 Å². The first-order chi connectivity index (χ1) is 16.5. The van der Waals surface area contributed by atoms with Crippen LogP contribution >= 0.6 is 0 Å². The van der Waals surface area contributed by atoms with E-state index in [9.17, 15) is 23.1 Å². The maximum Gasteiger partial charge on any atom is 0.422 e. The van der Waals surface area contributed by atoms with E-state index in [4.69, 9.17) is 4.42 Å². The van der Waals surface area contributed by atoms with Gasteiger partial charge in [-0.1, -0.05) is 11.2 Å². The van der Waals surface area contributed by atoms with E-state index in [2.05, 4.69) is 31.2 Å². The Kier molecular flexibility index (Phi) is 7.22. The summed E-state index contributed by atoms with van der Waals surface area (Å²) in [7, 11) is 0. The van der Waals surface area contributed by atoms with Crippen molar-refractivity contribution in [3.8, 4) is 0 Å². The van der Waals surface area contributed by atoms with Gasteiger partial charge in [-0.05, 0) is 56.4 Å². The molecule has 0 spiro atoms. The number of aliphatic hydroxyl groups excluding tert-OH is 1. The van der Waals surface area contributed by atoms with Gasteiger partial charge in [-0.2, -0.15) is 13.2 Å². The van der Waals surface area contributed by atoms with Gasteiger partial charge in [0, 0.05) is 43.8 Å². The lowest BCUT2D eigenvalue weighted by Gasteiger charge is -2.39. The Morgan fingerprint density at radius 1 is 1.26 bits per heavy atom. The third-order valence-corrected chi connectivity index (χ3v) is 6.50. The van der Waals surface area contributed by atoms with Gasteiger partial charge < -0.3 is 24.5 Å². The molecule has 9 nitrogen and oxygen atoms in total. The normalized spacial score (nSPS) is 23.2. The molecule has 2 aromatic rings. The summed E-state index contributed by atoms with van der Waals surface area (Å²) >= 11 is 0. The third kappa shape index (κ3) is 6.23. The highest BCUT2D eigenvalue weighted by Crippen LogP contribution is 2.37. The van der Waals surface area contributed by atoms with Crippen molar-refractivity contribution in [1.82, 2.24) is 20.0 Å². The fourth-order valence-corrected chi connectivity index (χ4v) is 4.50. The Hall–Kier alpha value is -2.86. The van der Waals surface area contributed by atoms with E-state index < -0.39 is 18.9 Å². The lowest BCUT2D eigenvalue weighted by Crippen LogP contribution is -2.54. The van der Waals surface area contributed by atoms with Gasteiger partial charge in [0.05, 0.1) is 6.10 Å². The first kappa shape index (κ1) is 25.2. The number of nitrogens with one attached hydrogen (secondary N) is 1. The monoisotopic (exact) mass is 497 g/mol. The molecule has 35 heavy (non-hydrogen) atoms. The van der Waals surface area contributed by atoms with Crippen LogP contribution in [-0.2, 0) is 11.3 Å². The molecule has 2 fully saturated rings. The quantitative estimate of drug-likeness (QED) is 0.620. The largest absolute Gasteiger partial charge is 0.440 e. The Morgan fingerprint density at radius 2 is 2.00 bits per heavy atom. The van der Waals surface area contributed by atoms with Gasteiger partial charge in [-0.3, -0.25) is 4.90 Å². The lowest BCUT2D eigenvalue weighted by atomic mass is 9.82. The molecule has 2 aliphatic rings. The standard InChI is InChI=1S/C23H30F3N5O4/c1-13-6-17(11-30-4-5-31(14(2)10-30)22(33)34-12-23(24,25)26)15(3)19(7-13)27-21-29-28-20(35-21)16-8-18(32)9-16/h6-7,14,16,18,32H,4-5,8-12H2,1-3H3,(H,27,29)/t14-,16?,18?/m0/s1. The summed E-state index contributed by atoms with van der Waals surface area (Å²) in [6.45, 7) is 6.12. The number of halogens is 3. The zero-order chi connectivity index (χ0) is 25.3. The van der Waals surface area contributed by atoms with Crippen LogP contribution in [0.1, 0.15) is 48.3 Å². The SMILES string of the molecule is Cc1cc(CN2CCN(C(=O)OCC(F)(F)F)[C@@H](C)C2)c(C)c(Nc2nnc(C3CC(O)C3)o2)c1. The number of carbonyl (C=O) groups excluding carboxylic acids is 1. The number of benzene rings is 1. The molecule has 1 saturated carbocycles. The Balaban J connectivity index is 1.37. The number of anilines is 2. The first-order valence-electron chi connectivity index (χ1n) is 11.6. The Bertz CT molecular complexity index is 1050. The molecule has 0 bridgehead atoms. The number of aryl methyl sites for hydroxylation is 1. The lowest BCUT2D eigenvalue weighted by molar-refractivity contribution is -0.163. The second-order valence-corrected chi connectivity index (χ2v) is 9.44. The molecule has 12 heteroatoms. The molecule has 0 radical (unpaired) electrons. The molecular weight excluding hydrogens is 467 g/mol. The summed E-state index contributed by atoms with van der Waals surface area (Å²) < 4.78 is 47.2. The number of aliphatic hydroxyl groups is 1. The van der Waals surface area contributed by atoms with E-state index in [1.165, 1.54) is 4.90 Å². The molecule has 2 N–H and O–H groups in total. The van der Waals surface area contributed by atoms with Gasteiger partial charge in [0.2, 0.25) is 5.89 Å². The predicted molar refractivity (Wildman–Crippen MR) is 120 cm³/mol. The molecule has 1 atom stereocenters. The smallest absolute Gasteiger partial charge is 0.422 e. The van der Waals surface area contributed by atoms with Crippen molar-refractivity contribution >= 4 is 17.8 Å². The fourth-order valence-electron chi connectivity index (χ4n) is 4.50. The van der Waals surface area contributed by atoms with Crippen molar-refractivity contribution in [2.24, 2.45) is 0 Å². The second-order valence-electron chi connectivity index (χ2n) is 9.44. The van der Waals surface area contributed by atoms with Crippen molar-refractivity contribution in [3.05, 3.63) is 34.7 Å². The molecule has 0 unspecified atom stereocenters. The highest BCUT2D eigenvalue weighted by molar-refractivity contribution is 5.68. The number of hydrogen-bond acceptors (Lipinski definition) is 8.